The van der Waals surface area contributed by atoms with E-state index in [-0.39, 0.29) is 12.0 Å². The second-order valence-electron chi connectivity index (χ2n) is 6.10. The van der Waals surface area contributed by atoms with Crippen LogP contribution < -0.4 is 0 Å². The Bertz CT molecular complexity index is 718. The molecule has 3 rings (SSSR count). The molecule has 0 aliphatic carbocycles. The maximum atomic E-state index is 12.7. The van der Waals surface area contributed by atoms with Crippen LogP contribution >= 0.6 is 0 Å². The Kier molecular flexibility index (Phi) is 3.79. The molecule has 4 nitrogen and oxygen atoms in total. The van der Waals surface area contributed by atoms with Gasteiger partial charge in [0, 0.05) is 30.2 Å². The van der Waals surface area contributed by atoms with Crippen LogP contribution in [-0.4, -0.2) is 39.7 Å². The van der Waals surface area contributed by atoms with Crippen LogP contribution in [0.4, 0.5) is 0 Å². The lowest BCUT2D eigenvalue weighted by Gasteiger charge is -2.16. The summed E-state index contributed by atoms with van der Waals surface area (Å²) < 4.78 is 2.13. The molecule has 0 radical (unpaired) electrons. The zero-order valence-corrected chi connectivity index (χ0v) is 13.3. The van der Waals surface area contributed by atoms with Crippen LogP contribution in [0.5, 0.6) is 0 Å². The first-order valence-electron chi connectivity index (χ1n) is 7.71. The summed E-state index contributed by atoms with van der Waals surface area (Å²) >= 11 is 0. The molecule has 4 heteroatoms. The second-order valence-corrected chi connectivity index (χ2v) is 6.10. The molecule has 1 atom stereocenters. The van der Waals surface area contributed by atoms with Crippen LogP contribution in [0.1, 0.15) is 33.7 Å². The quantitative estimate of drug-likeness (QED) is 0.926. The molecule has 1 amide bonds. The van der Waals surface area contributed by atoms with E-state index < -0.39 is 0 Å². The number of nitrogens with zero attached hydrogens (tertiary/aromatic N) is 2. The fourth-order valence-electron chi connectivity index (χ4n) is 3.26. The highest BCUT2D eigenvalue weighted by Crippen LogP contribution is 2.25. The van der Waals surface area contributed by atoms with E-state index >= 15 is 0 Å². The fourth-order valence-corrected chi connectivity index (χ4v) is 3.26. The van der Waals surface area contributed by atoms with Gasteiger partial charge in [-0.15, -0.1) is 0 Å². The van der Waals surface area contributed by atoms with Gasteiger partial charge in [-0.1, -0.05) is 18.2 Å². The summed E-state index contributed by atoms with van der Waals surface area (Å²) in [4.78, 5) is 14.4. The predicted molar refractivity (Wildman–Crippen MR) is 86.5 cm³/mol. The van der Waals surface area contributed by atoms with Crippen LogP contribution in [-0.2, 0) is 0 Å². The molecule has 1 aromatic heterocycles. The van der Waals surface area contributed by atoms with E-state index in [0.717, 1.165) is 22.6 Å². The van der Waals surface area contributed by atoms with Gasteiger partial charge in [-0.3, -0.25) is 4.79 Å². The van der Waals surface area contributed by atoms with Crippen molar-refractivity contribution in [2.24, 2.45) is 0 Å². The normalized spacial score (nSPS) is 18.0. The lowest BCUT2D eigenvalue weighted by Crippen LogP contribution is -2.29. The van der Waals surface area contributed by atoms with E-state index in [4.69, 9.17) is 0 Å². The summed E-state index contributed by atoms with van der Waals surface area (Å²) in [5.74, 6) is 0.0180. The summed E-state index contributed by atoms with van der Waals surface area (Å²) in [6.07, 6.45) is 0.284. The minimum atomic E-state index is -0.385. The van der Waals surface area contributed by atoms with E-state index in [1.54, 1.807) is 4.90 Å². The summed E-state index contributed by atoms with van der Waals surface area (Å²) in [5, 5.41) is 9.64. The highest BCUT2D eigenvalue weighted by molar-refractivity contribution is 5.96. The maximum absolute atomic E-state index is 12.7. The van der Waals surface area contributed by atoms with Crippen molar-refractivity contribution in [1.29, 1.82) is 0 Å². The number of likely N-dealkylation sites (tertiary alicyclic amines) is 1. The van der Waals surface area contributed by atoms with Crippen LogP contribution in [0.15, 0.2) is 30.3 Å². The van der Waals surface area contributed by atoms with Crippen molar-refractivity contribution in [3.05, 3.63) is 52.8 Å². The van der Waals surface area contributed by atoms with E-state index in [1.807, 2.05) is 32.0 Å². The van der Waals surface area contributed by atoms with Gasteiger partial charge in [0.2, 0.25) is 0 Å². The van der Waals surface area contributed by atoms with Gasteiger partial charge in [0.05, 0.1) is 11.7 Å². The first kappa shape index (κ1) is 14.9. The summed E-state index contributed by atoms with van der Waals surface area (Å²) in [5.41, 5.74) is 5.03. The van der Waals surface area contributed by atoms with Crippen molar-refractivity contribution >= 4 is 5.91 Å². The highest BCUT2D eigenvalue weighted by Gasteiger charge is 2.28. The van der Waals surface area contributed by atoms with Crippen molar-refractivity contribution in [1.82, 2.24) is 9.47 Å². The van der Waals surface area contributed by atoms with Crippen molar-refractivity contribution in [3.63, 3.8) is 0 Å². The number of aryl methyl sites for hydroxylation is 2. The zero-order chi connectivity index (χ0) is 15.9. The molecule has 22 heavy (non-hydrogen) atoms. The first-order valence-corrected chi connectivity index (χ1v) is 7.71. The number of rotatable bonds is 2. The lowest BCUT2D eigenvalue weighted by molar-refractivity contribution is 0.0764. The van der Waals surface area contributed by atoms with Gasteiger partial charge >= 0.3 is 0 Å². The third kappa shape index (κ3) is 2.44. The Hall–Kier alpha value is -2.07. The van der Waals surface area contributed by atoms with Gasteiger partial charge in [-0.05, 0) is 44.9 Å². The Morgan fingerprint density at radius 3 is 2.59 bits per heavy atom. The average Bonchev–Trinajstić information content (AvgIpc) is 3.04. The Labute approximate surface area is 131 Å². The third-order valence-corrected chi connectivity index (χ3v) is 4.47. The minimum Gasteiger partial charge on any atom is -0.391 e. The van der Waals surface area contributed by atoms with Gasteiger partial charge in [-0.25, -0.2) is 0 Å². The number of hydrogen-bond donors (Lipinski definition) is 1. The number of carbonyl (C=O) groups excluding carboxylic acids is 1. The molecule has 1 saturated heterocycles. The molecule has 0 unspecified atom stereocenters. The molecule has 0 spiro atoms. The van der Waals surface area contributed by atoms with Crippen LogP contribution in [0.3, 0.4) is 0 Å². The van der Waals surface area contributed by atoms with Gasteiger partial charge in [0.15, 0.2) is 0 Å². The molecule has 0 bridgehead atoms. The van der Waals surface area contributed by atoms with Crippen molar-refractivity contribution in [3.8, 4) is 5.69 Å². The zero-order valence-electron chi connectivity index (χ0n) is 13.3. The molecule has 1 fully saturated rings. The molecule has 1 aromatic carbocycles. The number of para-hydroxylation sites is 1. The molecule has 1 aliphatic rings. The van der Waals surface area contributed by atoms with E-state index in [1.165, 1.54) is 5.56 Å². The first-order chi connectivity index (χ1) is 10.5. The van der Waals surface area contributed by atoms with E-state index in [9.17, 15) is 9.90 Å². The number of aliphatic hydroxyl groups excluding tert-OH is 1. The van der Waals surface area contributed by atoms with Crippen molar-refractivity contribution in [2.45, 2.75) is 33.3 Å². The summed E-state index contributed by atoms with van der Waals surface area (Å²) in [7, 11) is 0. The van der Waals surface area contributed by atoms with Crippen molar-refractivity contribution < 1.29 is 9.90 Å². The minimum absolute atomic E-state index is 0.0180. The molecule has 2 aromatic rings. The Balaban J connectivity index is 2.01. The average molecular weight is 298 g/mol. The van der Waals surface area contributed by atoms with Crippen LogP contribution in [0, 0.1) is 20.8 Å². The topological polar surface area (TPSA) is 45.5 Å². The highest BCUT2D eigenvalue weighted by atomic mass is 16.3. The summed E-state index contributed by atoms with van der Waals surface area (Å²) in [6.45, 7) is 7.15. The Morgan fingerprint density at radius 1 is 1.23 bits per heavy atom. The Morgan fingerprint density at radius 2 is 1.95 bits per heavy atom. The smallest absolute Gasteiger partial charge is 0.255 e. The van der Waals surface area contributed by atoms with Gasteiger partial charge < -0.3 is 14.6 Å². The number of β-amino-alcohol motifs (C(OH)–C–C–N with tert-alkyl or cyclic N) is 1. The lowest BCUT2D eigenvalue weighted by atomic mass is 10.2. The second kappa shape index (κ2) is 5.61. The molecule has 1 N–H and O–H groups in total. The fraction of sp³-hybridized carbons (Fsp3) is 0.389. The van der Waals surface area contributed by atoms with Crippen LogP contribution in [0.2, 0.25) is 0 Å². The SMILES string of the molecule is Cc1ccccc1-n1c(C)cc(C(=O)N2CC[C@H](O)C2)c1C. The molecular formula is C18H22N2O2. The number of carbonyl (C=O) groups is 1. The monoisotopic (exact) mass is 298 g/mol. The van der Waals surface area contributed by atoms with Gasteiger partial charge in [0.1, 0.15) is 0 Å². The summed E-state index contributed by atoms with van der Waals surface area (Å²) in [6, 6.07) is 10.1. The van der Waals surface area contributed by atoms with Crippen molar-refractivity contribution in [2.75, 3.05) is 13.1 Å². The molecule has 116 valence electrons. The number of hydrogen-bond acceptors (Lipinski definition) is 2. The molecule has 0 saturated carbocycles. The molecule has 2 heterocycles. The van der Waals surface area contributed by atoms with E-state index in [0.29, 0.717) is 19.5 Å². The number of aliphatic hydroxyl groups is 1. The van der Waals surface area contributed by atoms with Gasteiger partial charge in [0.25, 0.3) is 5.91 Å². The van der Waals surface area contributed by atoms with E-state index in [2.05, 4.69) is 23.6 Å². The standard InChI is InChI=1S/C18H22N2O2/c1-12-6-4-5-7-17(12)20-13(2)10-16(14(20)3)18(22)19-9-8-15(21)11-19/h4-7,10,15,21H,8-9,11H2,1-3H3/t15-/m0/s1. The third-order valence-electron chi connectivity index (χ3n) is 4.47. The van der Waals surface area contributed by atoms with Gasteiger partial charge in [-0.2, -0.15) is 0 Å². The molecule has 1 aliphatic heterocycles. The predicted octanol–water partition coefficient (Wildman–Crippen LogP) is 2.61. The molecular weight excluding hydrogens is 276 g/mol. The number of aromatic nitrogens is 1. The number of benzene rings is 1. The maximum Gasteiger partial charge on any atom is 0.255 e. The number of amides is 1. The van der Waals surface area contributed by atoms with Crippen LogP contribution in [0.25, 0.3) is 5.69 Å². The largest absolute Gasteiger partial charge is 0.391 e.